The maximum Gasteiger partial charge on any atom is 0.225 e. The molecule has 11 heteroatoms. The lowest BCUT2D eigenvalue weighted by molar-refractivity contribution is 0.674. The monoisotopic (exact) mass is 1510 g/mol. The van der Waals surface area contributed by atoms with Gasteiger partial charge in [0.25, 0.3) is 0 Å². The van der Waals surface area contributed by atoms with Crippen molar-refractivity contribution in [3.8, 4) is 45.3 Å². The summed E-state index contributed by atoms with van der Waals surface area (Å²) in [5.41, 5.74) is 23.5. The Balaban J connectivity index is 0.000000139. The predicted octanol–water partition coefficient (Wildman–Crippen LogP) is 27.2. The third-order valence-electron chi connectivity index (χ3n) is 23.7. The second-order valence-electron chi connectivity index (χ2n) is 30.1. The average Bonchev–Trinajstić information content (AvgIpc) is 1.50. The fourth-order valence-electron chi connectivity index (χ4n) is 18.7. The Bertz CT molecular complexity index is 7890. The fourth-order valence-corrected chi connectivity index (χ4v) is 18.7. The summed E-state index contributed by atoms with van der Waals surface area (Å²) in [5.74, 6) is 1.50. The van der Waals surface area contributed by atoms with Gasteiger partial charge in [0.15, 0.2) is 5.84 Å². The van der Waals surface area contributed by atoms with E-state index >= 15 is 0 Å². The maximum absolute atomic E-state index is 9.47. The van der Waals surface area contributed by atoms with Gasteiger partial charge in [-0.25, -0.2) is 19.7 Å². The van der Waals surface area contributed by atoms with E-state index < -0.39 is 0 Å². The largest absolute Gasteiger partial charge is 0.344 e. The lowest BCUT2D eigenvalue weighted by Gasteiger charge is -2.27. The van der Waals surface area contributed by atoms with Crippen LogP contribution in [0.5, 0.6) is 0 Å². The zero-order valence-electron chi connectivity index (χ0n) is 63.6. The summed E-state index contributed by atoms with van der Waals surface area (Å²) in [7, 11) is 0. The lowest BCUT2D eigenvalue weighted by Crippen LogP contribution is -2.33. The smallest absolute Gasteiger partial charge is 0.225 e. The SMILES string of the molecule is [C-]#[N+]c1c(-n2c3ccccc3c3ccccc32)c([N+]#[C-])c(-n2c3ccccc3c3ccccc32)c(-n2c3ccccc3c3ccccc32)c1-n1c2ccccc2c2ccccc21.c1ccc(C2=NC(c3ccccc3)NC(c3cccc(-n4c5ccccc5c5ccc(-c6ccc7c(c6)c6ccccc6n7-c6ccccc6)cc54)c3)=N2)cc1. The first kappa shape index (κ1) is 67.4. The topological polar surface area (TPSA) is 75.0 Å². The normalized spacial score (nSPS) is 13.0. The molecule has 1 atom stereocenters. The Kier molecular flexibility index (Phi) is 15.5. The quantitative estimate of drug-likeness (QED) is 0.136. The molecule has 0 saturated carbocycles. The molecule has 6 aromatic heterocycles. The van der Waals surface area contributed by atoms with Crippen molar-refractivity contribution in [1.29, 1.82) is 0 Å². The molecule has 550 valence electrons. The van der Waals surface area contributed by atoms with Crippen LogP contribution in [0.15, 0.2) is 404 Å². The second kappa shape index (κ2) is 27.2. The molecule has 1 aliphatic heterocycles. The first-order valence-corrected chi connectivity index (χ1v) is 39.7. The molecule has 0 radical (unpaired) electrons. The van der Waals surface area contributed by atoms with Crippen LogP contribution in [0.2, 0.25) is 0 Å². The van der Waals surface area contributed by atoms with E-state index in [0.717, 1.165) is 138 Å². The van der Waals surface area contributed by atoms with E-state index in [1.807, 2.05) is 36.4 Å². The number of rotatable bonds is 10. The number of aromatic nitrogens is 6. The predicted molar refractivity (Wildman–Crippen MR) is 489 cm³/mol. The number of amidine groups is 2. The third-order valence-corrected chi connectivity index (χ3v) is 23.7. The Morgan fingerprint density at radius 2 is 0.542 bits per heavy atom. The Morgan fingerprint density at radius 1 is 0.229 bits per heavy atom. The highest BCUT2D eigenvalue weighted by atomic mass is 15.2. The number of para-hydroxylation sites is 11. The maximum atomic E-state index is 9.47. The average molecular weight is 1510 g/mol. The molecular weight excluding hydrogens is 1440 g/mol. The number of nitrogens with zero attached hydrogens (tertiary/aromatic N) is 10. The van der Waals surface area contributed by atoms with Crippen LogP contribution in [0.1, 0.15) is 22.9 Å². The minimum Gasteiger partial charge on any atom is -0.344 e. The number of fused-ring (bicyclic) bond motifs is 18. The summed E-state index contributed by atoms with van der Waals surface area (Å²) >= 11 is 0. The van der Waals surface area contributed by atoms with Crippen LogP contribution in [-0.2, 0) is 0 Å². The van der Waals surface area contributed by atoms with Crippen molar-refractivity contribution >= 4 is 154 Å². The van der Waals surface area contributed by atoms with Crippen molar-refractivity contribution in [3.05, 3.63) is 434 Å². The van der Waals surface area contributed by atoms with E-state index in [1.54, 1.807) is 0 Å². The molecular formula is C107H67N11. The molecule has 118 heavy (non-hydrogen) atoms. The molecule has 17 aromatic carbocycles. The molecule has 0 spiro atoms. The van der Waals surface area contributed by atoms with Crippen LogP contribution in [0.25, 0.3) is 186 Å². The van der Waals surface area contributed by atoms with Crippen LogP contribution >= 0.6 is 0 Å². The summed E-state index contributed by atoms with van der Waals surface area (Å²) in [5, 5.41) is 17.2. The zero-order chi connectivity index (χ0) is 78.1. The van der Waals surface area contributed by atoms with E-state index in [1.165, 1.54) is 43.7 Å². The molecule has 11 nitrogen and oxygen atoms in total. The van der Waals surface area contributed by atoms with E-state index in [2.05, 4.69) is 400 Å². The van der Waals surface area contributed by atoms with E-state index in [-0.39, 0.29) is 6.17 Å². The van der Waals surface area contributed by atoms with Gasteiger partial charge in [-0.2, -0.15) is 0 Å². The molecule has 0 aliphatic carbocycles. The van der Waals surface area contributed by atoms with E-state index in [0.29, 0.717) is 34.3 Å². The molecule has 0 bridgehead atoms. The molecule has 1 N–H and O–H groups in total. The lowest BCUT2D eigenvalue weighted by atomic mass is 10.0. The van der Waals surface area contributed by atoms with Crippen molar-refractivity contribution in [3.63, 3.8) is 0 Å². The summed E-state index contributed by atoms with van der Waals surface area (Å²) in [6.07, 6.45) is -0.266. The summed E-state index contributed by atoms with van der Waals surface area (Å²) in [6.45, 7) is 18.9. The van der Waals surface area contributed by atoms with Gasteiger partial charge in [0.2, 0.25) is 11.4 Å². The first-order valence-electron chi connectivity index (χ1n) is 39.7. The summed E-state index contributed by atoms with van der Waals surface area (Å²) in [4.78, 5) is 19.4. The molecule has 0 amide bonds. The van der Waals surface area contributed by atoms with Gasteiger partial charge in [0, 0.05) is 87.1 Å². The van der Waals surface area contributed by atoms with Gasteiger partial charge in [-0.15, -0.1) is 0 Å². The highest BCUT2D eigenvalue weighted by Crippen LogP contribution is 2.55. The summed E-state index contributed by atoms with van der Waals surface area (Å²) in [6, 6.07) is 139. The van der Waals surface area contributed by atoms with Gasteiger partial charge in [0.1, 0.15) is 12.0 Å². The summed E-state index contributed by atoms with van der Waals surface area (Å²) < 4.78 is 13.8. The zero-order valence-corrected chi connectivity index (χ0v) is 63.6. The standard InChI is InChI=1S/C56H32N6.C51H35N5/c1-57-51-53(59-43-27-11-3-19-35(43)36-20-4-12-28-44(36)59)52(58-2)55(61-47-31-15-7-23-39(47)40-24-8-16-32-48(40)61)56(62-49-33-17-9-25-41(49)42-26-10-18-34-50(42)62)54(51)60-45-29-13-5-21-37(45)38-22-6-14-30-46(38)60;1-4-15-34(16-5-1)49-52-50(35-17-6-2-7-18-35)54-51(53-49)38-19-14-22-40(31-38)56-45-25-12-10-23-41(45)43-29-27-37(33-48(43)56)36-28-30-47-44(32-36)42-24-11-13-26-46(42)55(47)39-20-8-3-9-21-39/h3-34H;1-33,49H,(H,52,53,54). The van der Waals surface area contributed by atoms with Gasteiger partial charge in [-0.05, 0) is 120 Å². The van der Waals surface area contributed by atoms with Crippen LogP contribution in [-0.4, -0.2) is 39.1 Å². The number of hydrogen-bond acceptors (Lipinski definition) is 3. The van der Waals surface area contributed by atoms with Crippen LogP contribution in [0.4, 0.5) is 11.4 Å². The number of hydrogen-bond donors (Lipinski definition) is 1. The van der Waals surface area contributed by atoms with E-state index in [4.69, 9.17) is 9.98 Å². The van der Waals surface area contributed by atoms with Crippen molar-refractivity contribution in [2.75, 3.05) is 0 Å². The van der Waals surface area contributed by atoms with Crippen molar-refractivity contribution in [2.24, 2.45) is 9.98 Å². The minimum atomic E-state index is -0.266. The van der Waals surface area contributed by atoms with Crippen molar-refractivity contribution in [1.82, 2.24) is 32.7 Å². The Hall–Kier alpha value is -16.3. The van der Waals surface area contributed by atoms with Gasteiger partial charge in [-0.3, -0.25) is 0 Å². The highest BCUT2D eigenvalue weighted by molar-refractivity contribution is 6.20. The molecule has 0 saturated heterocycles. The highest BCUT2D eigenvalue weighted by Gasteiger charge is 2.35. The van der Waals surface area contributed by atoms with Crippen molar-refractivity contribution in [2.45, 2.75) is 6.17 Å². The molecule has 0 fully saturated rings. The first-order chi connectivity index (χ1) is 58.5. The Morgan fingerprint density at radius 3 is 0.975 bits per heavy atom. The van der Waals surface area contributed by atoms with Crippen molar-refractivity contribution < 1.29 is 0 Å². The molecule has 7 heterocycles. The number of benzene rings is 17. The third kappa shape index (κ3) is 10.4. The second-order valence-corrected chi connectivity index (χ2v) is 30.1. The van der Waals surface area contributed by atoms with Crippen LogP contribution in [0.3, 0.4) is 0 Å². The Labute approximate surface area is 677 Å². The number of nitrogens with one attached hydrogen (secondary N) is 1. The van der Waals surface area contributed by atoms with Crippen LogP contribution < -0.4 is 5.32 Å². The van der Waals surface area contributed by atoms with Gasteiger partial charge in [-0.1, -0.05) is 291 Å². The molecule has 24 rings (SSSR count). The van der Waals surface area contributed by atoms with Gasteiger partial charge < -0.3 is 32.7 Å². The van der Waals surface area contributed by atoms with E-state index in [9.17, 15) is 13.1 Å². The molecule has 23 aromatic rings. The van der Waals surface area contributed by atoms with Gasteiger partial charge >= 0.3 is 0 Å². The minimum absolute atomic E-state index is 0.266. The number of aliphatic imine (C=N–C) groups is 2. The molecule has 1 unspecified atom stereocenters. The van der Waals surface area contributed by atoms with Crippen LogP contribution in [0, 0.1) is 13.1 Å². The fraction of sp³-hybridized carbons (Fsp3) is 0.00935. The molecule has 1 aliphatic rings. The van der Waals surface area contributed by atoms with Gasteiger partial charge in [0.05, 0.1) is 102 Å².